The van der Waals surface area contributed by atoms with Gasteiger partial charge in [-0.15, -0.1) is 0 Å². The van der Waals surface area contributed by atoms with Crippen molar-refractivity contribution < 1.29 is 13.2 Å². The smallest absolute Gasteiger partial charge is 0.265 e. The summed E-state index contributed by atoms with van der Waals surface area (Å²) in [4.78, 5) is -0.0811. The van der Waals surface area contributed by atoms with E-state index in [1.54, 1.807) is 24.3 Å². The van der Waals surface area contributed by atoms with E-state index in [-0.39, 0.29) is 14.9 Å². The van der Waals surface area contributed by atoms with Crippen molar-refractivity contribution in [2.75, 3.05) is 18.5 Å². The molecule has 4 nitrogen and oxygen atoms in total. The van der Waals surface area contributed by atoms with Gasteiger partial charge >= 0.3 is 0 Å². The van der Waals surface area contributed by atoms with Gasteiger partial charge in [-0.05, 0) is 30.3 Å². The van der Waals surface area contributed by atoms with Crippen LogP contribution in [0.3, 0.4) is 0 Å². The number of hydrogen-bond donors (Lipinski definition) is 0. The maximum atomic E-state index is 12.7. The molecule has 0 aliphatic heterocycles. The average Bonchev–Trinajstić information content (AvgIpc) is 2.48. The van der Waals surface area contributed by atoms with Gasteiger partial charge in [0.25, 0.3) is 10.0 Å². The summed E-state index contributed by atoms with van der Waals surface area (Å²) in [5.74, 6) is 0.315. The molecule has 0 heterocycles. The molecular weight excluding hydrogens is 413 g/mol. The van der Waals surface area contributed by atoms with Crippen LogP contribution in [0.1, 0.15) is 0 Å². The number of halogens is 3. The lowest BCUT2D eigenvalue weighted by Crippen LogP contribution is -2.26. The van der Waals surface area contributed by atoms with Crippen molar-refractivity contribution in [2.45, 2.75) is 4.90 Å². The predicted molar refractivity (Wildman–Crippen MR) is 92.7 cm³/mol. The molecule has 0 N–H and O–H groups in total. The van der Waals surface area contributed by atoms with Crippen molar-refractivity contribution in [3.63, 3.8) is 0 Å². The lowest BCUT2D eigenvalue weighted by Gasteiger charge is -2.21. The Balaban J connectivity index is 2.53. The van der Waals surface area contributed by atoms with Gasteiger partial charge < -0.3 is 4.74 Å². The minimum absolute atomic E-state index is 0.0629. The molecule has 22 heavy (non-hydrogen) atoms. The van der Waals surface area contributed by atoms with Crippen LogP contribution < -0.4 is 9.04 Å². The van der Waals surface area contributed by atoms with Crippen LogP contribution in [0, 0.1) is 0 Å². The Morgan fingerprint density at radius 1 is 1.14 bits per heavy atom. The quantitative estimate of drug-likeness (QED) is 0.720. The molecule has 0 radical (unpaired) electrons. The van der Waals surface area contributed by atoms with E-state index in [9.17, 15) is 8.42 Å². The molecule has 0 bridgehead atoms. The minimum atomic E-state index is -3.85. The highest BCUT2D eigenvalue weighted by molar-refractivity contribution is 9.10. The summed E-state index contributed by atoms with van der Waals surface area (Å²) in [5, 5.41) is -0.00394. The van der Waals surface area contributed by atoms with Gasteiger partial charge in [0.1, 0.15) is 15.7 Å². The van der Waals surface area contributed by atoms with Crippen molar-refractivity contribution >= 4 is 54.8 Å². The Labute approximate surface area is 147 Å². The zero-order valence-electron chi connectivity index (χ0n) is 11.7. The molecule has 0 aliphatic carbocycles. The summed E-state index contributed by atoms with van der Waals surface area (Å²) in [6.07, 6.45) is 0. The minimum Gasteiger partial charge on any atom is -0.495 e. The molecule has 0 fully saturated rings. The van der Waals surface area contributed by atoms with Crippen molar-refractivity contribution in [3.05, 3.63) is 50.9 Å². The van der Waals surface area contributed by atoms with Crippen molar-refractivity contribution in [3.8, 4) is 5.75 Å². The molecule has 8 heteroatoms. The van der Waals surface area contributed by atoms with Gasteiger partial charge in [-0.2, -0.15) is 0 Å². The first-order chi connectivity index (χ1) is 10.3. The van der Waals surface area contributed by atoms with Gasteiger partial charge in [-0.25, -0.2) is 8.42 Å². The van der Waals surface area contributed by atoms with Crippen LogP contribution >= 0.6 is 39.1 Å². The van der Waals surface area contributed by atoms with Gasteiger partial charge in [-0.3, -0.25) is 4.31 Å². The van der Waals surface area contributed by atoms with Crippen molar-refractivity contribution in [1.82, 2.24) is 0 Å². The molecule has 2 aromatic carbocycles. The fourth-order valence-electron chi connectivity index (χ4n) is 1.83. The Morgan fingerprint density at radius 2 is 1.82 bits per heavy atom. The third kappa shape index (κ3) is 3.20. The van der Waals surface area contributed by atoms with Crippen molar-refractivity contribution in [2.24, 2.45) is 0 Å². The molecule has 0 aliphatic rings. The second-order valence-corrected chi connectivity index (χ2v) is 7.96. The number of rotatable bonds is 4. The Morgan fingerprint density at radius 3 is 2.41 bits per heavy atom. The second-order valence-electron chi connectivity index (χ2n) is 4.35. The van der Waals surface area contributed by atoms with E-state index in [2.05, 4.69) is 15.9 Å². The zero-order chi connectivity index (χ0) is 16.5. The molecule has 0 unspecified atom stereocenters. The summed E-state index contributed by atoms with van der Waals surface area (Å²) < 4.78 is 32.4. The number of hydrogen-bond acceptors (Lipinski definition) is 3. The van der Waals surface area contributed by atoms with Gasteiger partial charge in [0.05, 0.1) is 17.8 Å². The average molecular weight is 425 g/mol. The van der Waals surface area contributed by atoms with Crippen molar-refractivity contribution in [1.29, 1.82) is 0 Å². The highest BCUT2D eigenvalue weighted by atomic mass is 79.9. The number of sulfonamides is 1. The molecule has 0 saturated heterocycles. The predicted octanol–water partition coefficient (Wildman–Crippen LogP) is 4.59. The fraction of sp³-hybridized carbons (Fsp3) is 0.143. The van der Waals surface area contributed by atoms with E-state index >= 15 is 0 Å². The van der Waals surface area contributed by atoms with Crippen LogP contribution in [0.15, 0.2) is 45.8 Å². The van der Waals surface area contributed by atoms with Crippen LogP contribution in [0.2, 0.25) is 10.0 Å². The van der Waals surface area contributed by atoms with E-state index < -0.39 is 10.0 Å². The molecule has 0 atom stereocenters. The number of nitrogens with zero attached hydrogens (tertiary/aromatic N) is 1. The summed E-state index contributed by atoms with van der Waals surface area (Å²) >= 11 is 15.4. The van der Waals surface area contributed by atoms with E-state index in [1.807, 2.05) is 0 Å². The summed E-state index contributed by atoms with van der Waals surface area (Å²) in [6, 6.07) is 9.76. The monoisotopic (exact) mass is 423 g/mol. The Bertz CT molecular complexity index is 812. The molecule has 118 valence electrons. The number of ether oxygens (including phenoxy) is 1. The molecular formula is C14H12BrCl2NO3S. The SMILES string of the molecule is COc1ccc(S(=O)(=O)N(C)c2cccc(Br)c2)c(Cl)c1Cl. The normalized spacial score (nSPS) is 11.3. The fourth-order valence-corrected chi connectivity index (χ4v) is 4.22. The summed E-state index contributed by atoms with van der Waals surface area (Å²) in [5.41, 5.74) is 0.498. The van der Waals surface area contributed by atoms with E-state index in [4.69, 9.17) is 27.9 Å². The van der Waals surface area contributed by atoms with Gasteiger partial charge in [-0.1, -0.05) is 45.2 Å². The standard InChI is InChI=1S/C14H12BrCl2NO3S/c1-18(10-5-3-4-9(15)8-10)22(19,20)12-7-6-11(21-2)13(16)14(12)17/h3-8H,1-2H3. The molecule has 0 amide bonds. The Hall–Kier alpha value is -0.950. The van der Waals surface area contributed by atoms with Crippen LogP contribution in [0.25, 0.3) is 0 Å². The first kappa shape index (κ1) is 17.4. The maximum Gasteiger partial charge on any atom is 0.265 e. The summed E-state index contributed by atoms with van der Waals surface area (Å²) in [6.45, 7) is 0. The van der Waals surface area contributed by atoms with E-state index in [1.165, 1.54) is 26.3 Å². The number of benzene rings is 2. The number of methoxy groups -OCH3 is 1. The molecule has 0 saturated carbocycles. The first-order valence-corrected chi connectivity index (χ1v) is 9.04. The topological polar surface area (TPSA) is 46.6 Å². The van der Waals surface area contributed by atoms with Crippen LogP contribution in [0.4, 0.5) is 5.69 Å². The van der Waals surface area contributed by atoms with E-state index in [0.29, 0.717) is 11.4 Å². The van der Waals surface area contributed by atoms with Crippen LogP contribution in [-0.4, -0.2) is 22.6 Å². The largest absolute Gasteiger partial charge is 0.495 e. The molecule has 2 rings (SSSR count). The third-order valence-corrected chi connectivity index (χ3v) is 6.34. The van der Waals surface area contributed by atoms with E-state index in [0.717, 1.165) is 8.78 Å². The maximum absolute atomic E-state index is 12.7. The Kier molecular flexibility index (Phi) is 5.27. The highest BCUT2D eigenvalue weighted by Crippen LogP contribution is 2.38. The first-order valence-electron chi connectivity index (χ1n) is 6.05. The van der Waals surface area contributed by atoms with Crippen LogP contribution in [0.5, 0.6) is 5.75 Å². The van der Waals surface area contributed by atoms with Gasteiger partial charge in [0, 0.05) is 11.5 Å². The molecule has 0 spiro atoms. The molecule has 0 aromatic heterocycles. The lowest BCUT2D eigenvalue weighted by atomic mass is 10.3. The lowest BCUT2D eigenvalue weighted by molar-refractivity contribution is 0.414. The second kappa shape index (κ2) is 6.66. The van der Waals surface area contributed by atoms with Gasteiger partial charge in [0.15, 0.2) is 0 Å². The third-order valence-electron chi connectivity index (χ3n) is 3.04. The highest BCUT2D eigenvalue weighted by Gasteiger charge is 2.26. The van der Waals surface area contributed by atoms with Crippen LogP contribution in [-0.2, 0) is 10.0 Å². The zero-order valence-corrected chi connectivity index (χ0v) is 15.6. The summed E-state index contributed by atoms with van der Waals surface area (Å²) in [7, 11) is -0.967. The van der Waals surface area contributed by atoms with Gasteiger partial charge in [0.2, 0.25) is 0 Å². The number of anilines is 1. The molecule has 2 aromatic rings.